The van der Waals surface area contributed by atoms with Crippen molar-refractivity contribution in [3.05, 3.63) is 24.4 Å². The van der Waals surface area contributed by atoms with Gasteiger partial charge in [0.1, 0.15) is 5.84 Å². The number of rotatable bonds is 7. The van der Waals surface area contributed by atoms with Crippen LogP contribution in [0.1, 0.15) is 33.1 Å². The summed E-state index contributed by atoms with van der Waals surface area (Å²) in [6, 6.07) is 0. The first kappa shape index (κ1) is 15.3. The van der Waals surface area contributed by atoms with Crippen LogP contribution < -0.4 is 5.32 Å². The van der Waals surface area contributed by atoms with Crippen LogP contribution in [0.3, 0.4) is 0 Å². The van der Waals surface area contributed by atoms with Crippen LogP contribution >= 0.6 is 0 Å². The summed E-state index contributed by atoms with van der Waals surface area (Å²) in [5.41, 5.74) is 1.08. The molecule has 0 rings (SSSR count). The highest BCUT2D eigenvalue weighted by molar-refractivity contribution is 5.94. The van der Waals surface area contributed by atoms with Crippen molar-refractivity contribution in [3.63, 3.8) is 0 Å². The van der Waals surface area contributed by atoms with Gasteiger partial charge in [0, 0.05) is 12.3 Å². The zero-order valence-corrected chi connectivity index (χ0v) is 10.7. The summed E-state index contributed by atoms with van der Waals surface area (Å²) in [6.07, 6.45) is 6.18. The first-order valence-corrected chi connectivity index (χ1v) is 5.73. The van der Waals surface area contributed by atoms with Crippen molar-refractivity contribution < 1.29 is 4.79 Å². The van der Waals surface area contributed by atoms with E-state index in [2.05, 4.69) is 35.5 Å². The zero-order valence-electron chi connectivity index (χ0n) is 10.7. The number of hydrogen-bond acceptors (Lipinski definition) is 2. The number of carbonyl (C=O) groups is 1. The van der Waals surface area contributed by atoms with Crippen molar-refractivity contribution in [1.82, 2.24) is 5.32 Å². The molecule has 1 amide bonds. The SMILES string of the molecule is C=CN=C(CNC(=O)/C=C(\C)CCCC)N=C. The van der Waals surface area contributed by atoms with Crippen LogP contribution in [-0.2, 0) is 4.79 Å². The standard InChI is InChI=1S/C13H21N3O/c1-5-7-8-11(3)9-13(17)16-10-12(14-4)15-6-2/h6,9H,2,4-5,7-8,10H2,1,3H3,(H,16,17)/b11-9+,15-12?. The molecule has 0 aliphatic carbocycles. The van der Waals surface area contributed by atoms with Crippen molar-refractivity contribution >= 4 is 18.5 Å². The highest BCUT2D eigenvalue weighted by atomic mass is 16.1. The topological polar surface area (TPSA) is 53.8 Å². The monoisotopic (exact) mass is 235 g/mol. The normalized spacial score (nSPS) is 12.1. The molecule has 0 saturated carbocycles. The predicted molar refractivity (Wildman–Crippen MR) is 73.5 cm³/mol. The highest BCUT2D eigenvalue weighted by Crippen LogP contribution is 2.05. The van der Waals surface area contributed by atoms with Gasteiger partial charge < -0.3 is 5.32 Å². The molecule has 0 aromatic heterocycles. The first-order valence-electron chi connectivity index (χ1n) is 5.73. The lowest BCUT2D eigenvalue weighted by atomic mass is 10.1. The van der Waals surface area contributed by atoms with E-state index in [9.17, 15) is 4.79 Å². The van der Waals surface area contributed by atoms with E-state index < -0.39 is 0 Å². The Labute approximate surface area is 103 Å². The maximum atomic E-state index is 11.5. The van der Waals surface area contributed by atoms with Gasteiger partial charge in [-0.05, 0) is 26.5 Å². The van der Waals surface area contributed by atoms with Gasteiger partial charge in [0.25, 0.3) is 0 Å². The maximum absolute atomic E-state index is 11.5. The molecular formula is C13H21N3O. The molecule has 0 aliphatic rings. The molecule has 0 atom stereocenters. The van der Waals surface area contributed by atoms with Crippen molar-refractivity contribution in [1.29, 1.82) is 0 Å². The lowest BCUT2D eigenvalue weighted by Gasteiger charge is -2.02. The molecule has 4 nitrogen and oxygen atoms in total. The number of amidine groups is 1. The van der Waals surface area contributed by atoms with Crippen molar-refractivity contribution in [2.45, 2.75) is 33.1 Å². The second kappa shape index (κ2) is 9.51. The molecule has 0 fully saturated rings. The van der Waals surface area contributed by atoms with Gasteiger partial charge in [0.05, 0.1) is 6.54 Å². The van der Waals surface area contributed by atoms with Gasteiger partial charge in [-0.2, -0.15) is 0 Å². The smallest absolute Gasteiger partial charge is 0.244 e. The van der Waals surface area contributed by atoms with E-state index >= 15 is 0 Å². The number of nitrogens with zero attached hydrogens (tertiary/aromatic N) is 2. The average Bonchev–Trinajstić information content (AvgIpc) is 2.31. The average molecular weight is 235 g/mol. The van der Waals surface area contributed by atoms with E-state index in [1.807, 2.05) is 6.92 Å². The largest absolute Gasteiger partial charge is 0.345 e. The van der Waals surface area contributed by atoms with E-state index in [1.54, 1.807) is 6.08 Å². The fourth-order valence-corrected chi connectivity index (χ4v) is 1.22. The Balaban J connectivity index is 4.13. The molecule has 0 saturated heterocycles. The summed E-state index contributed by atoms with van der Waals surface area (Å²) in [5, 5.41) is 2.70. The summed E-state index contributed by atoms with van der Waals surface area (Å²) in [6.45, 7) is 11.2. The molecule has 0 heterocycles. The quantitative estimate of drug-likeness (QED) is 0.411. The number of amides is 1. The molecule has 0 aliphatic heterocycles. The third-order valence-electron chi connectivity index (χ3n) is 2.15. The van der Waals surface area contributed by atoms with Gasteiger partial charge in [0.2, 0.25) is 5.91 Å². The fourth-order valence-electron chi connectivity index (χ4n) is 1.22. The molecule has 4 heteroatoms. The van der Waals surface area contributed by atoms with Crippen LogP contribution in [0.25, 0.3) is 0 Å². The zero-order chi connectivity index (χ0) is 13.1. The van der Waals surface area contributed by atoms with E-state index in [0.29, 0.717) is 5.84 Å². The predicted octanol–water partition coefficient (Wildman–Crippen LogP) is 2.48. The highest BCUT2D eigenvalue weighted by Gasteiger charge is 2.00. The van der Waals surface area contributed by atoms with E-state index in [-0.39, 0.29) is 12.5 Å². The molecule has 0 radical (unpaired) electrons. The minimum absolute atomic E-state index is 0.126. The van der Waals surface area contributed by atoms with Crippen LogP contribution in [0.4, 0.5) is 0 Å². The number of nitrogens with one attached hydrogen (secondary N) is 1. The number of aliphatic imine (C=N–C) groups is 2. The Morgan fingerprint density at radius 3 is 2.71 bits per heavy atom. The third kappa shape index (κ3) is 8.13. The Bertz CT molecular complexity index is 330. The number of carbonyl (C=O) groups excluding carboxylic acids is 1. The van der Waals surface area contributed by atoms with Crippen LogP contribution in [-0.4, -0.2) is 25.0 Å². The number of allylic oxidation sites excluding steroid dienone is 1. The molecule has 94 valence electrons. The lowest BCUT2D eigenvalue weighted by molar-refractivity contribution is -0.116. The second-order valence-electron chi connectivity index (χ2n) is 3.70. The van der Waals surface area contributed by atoms with Crippen LogP contribution in [0.15, 0.2) is 34.4 Å². The third-order valence-corrected chi connectivity index (χ3v) is 2.15. The maximum Gasteiger partial charge on any atom is 0.244 e. The number of unbranched alkanes of at least 4 members (excludes halogenated alkanes) is 1. The van der Waals surface area contributed by atoms with E-state index in [4.69, 9.17) is 0 Å². The molecule has 1 N–H and O–H groups in total. The van der Waals surface area contributed by atoms with Crippen molar-refractivity contribution in [3.8, 4) is 0 Å². The van der Waals surface area contributed by atoms with Crippen molar-refractivity contribution in [2.24, 2.45) is 9.98 Å². The van der Waals surface area contributed by atoms with E-state index in [1.165, 1.54) is 6.20 Å². The molecule has 0 aromatic rings. The first-order chi connectivity index (χ1) is 8.13. The Morgan fingerprint density at radius 2 is 2.18 bits per heavy atom. The van der Waals surface area contributed by atoms with Gasteiger partial charge in [-0.3, -0.25) is 4.79 Å². The second-order valence-corrected chi connectivity index (χ2v) is 3.70. The van der Waals surface area contributed by atoms with Gasteiger partial charge in [-0.1, -0.05) is 25.5 Å². The summed E-state index contributed by atoms with van der Waals surface area (Å²) >= 11 is 0. The summed E-state index contributed by atoms with van der Waals surface area (Å²) in [7, 11) is 0. The molecule has 0 unspecified atom stereocenters. The fraction of sp³-hybridized carbons (Fsp3) is 0.462. The van der Waals surface area contributed by atoms with Gasteiger partial charge in [0.15, 0.2) is 0 Å². The van der Waals surface area contributed by atoms with Gasteiger partial charge in [-0.25, -0.2) is 9.98 Å². The van der Waals surface area contributed by atoms with Crippen LogP contribution in [0.2, 0.25) is 0 Å². The van der Waals surface area contributed by atoms with Crippen LogP contribution in [0.5, 0.6) is 0 Å². The summed E-state index contributed by atoms with van der Waals surface area (Å²) < 4.78 is 0. The molecule has 17 heavy (non-hydrogen) atoms. The van der Waals surface area contributed by atoms with Gasteiger partial charge >= 0.3 is 0 Å². The van der Waals surface area contributed by atoms with E-state index in [0.717, 1.165) is 24.8 Å². The Morgan fingerprint density at radius 1 is 1.47 bits per heavy atom. The summed E-state index contributed by atoms with van der Waals surface area (Å²) in [5.74, 6) is 0.326. The molecule has 0 bridgehead atoms. The Hall–Kier alpha value is -1.71. The molecular weight excluding hydrogens is 214 g/mol. The van der Waals surface area contributed by atoms with Crippen molar-refractivity contribution in [2.75, 3.05) is 6.54 Å². The summed E-state index contributed by atoms with van der Waals surface area (Å²) in [4.78, 5) is 19.0. The lowest BCUT2D eigenvalue weighted by Crippen LogP contribution is -2.27. The Kier molecular flexibility index (Phi) is 8.55. The minimum Gasteiger partial charge on any atom is -0.345 e. The minimum atomic E-state index is -0.126. The van der Waals surface area contributed by atoms with Crippen LogP contribution in [0, 0.1) is 0 Å². The molecule has 0 aromatic carbocycles. The van der Waals surface area contributed by atoms with Gasteiger partial charge in [-0.15, -0.1) is 0 Å². The molecule has 0 spiro atoms. The number of hydrogen-bond donors (Lipinski definition) is 1.